The molecule has 0 saturated heterocycles. The molecule has 0 radical (unpaired) electrons. The fourth-order valence-corrected chi connectivity index (χ4v) is 2.94. The van der Waals surface area contributed by atoms with Gasteiger partial charge < -0.3 is 10.1 Å². The first-order chi connectivity index (χ1) is 15.7. The Morgan fingerprint density at radius 2 is 1.48 bits per heavy atom. The van der Waals surface area contributed by atoms with Crippen LogP contribution in [0.2, 0.25) is 5.02 Å². The molecular weight excluding hydrogens is 442 g/mol. The second kappa shape index (κ2) is 10.6. The summed E-state index contributed by atoms with van der Waals surface area (Å²) in [6.45, 7) is 5.41. The topological polar surface area (TPSA) is 96.9 Å². The van der Waals surface area contributed by atoms with E-state index in [0.717, 1.165) is 11.1 Å². The number of nitrogens with one attached hydrogen (secondary N) is 2. The zero-order valence-electron chi connectivity index (χ0n) is 18.3. The second-order valence-electron chi connectivity index (χ2n) is 7.33. The number of esters is 1. The molecule has 0 spiro atoms. The van der Waals surface area contributed by atoms with Crippen LogP contribution in [0.25, 0.3) is 0 Å². The molecule has 0 bridgehead atoms. The molecule has 0 atom stereocenters. The van der Waals surface area contributed by atoms with Crippen LogP contribution in [0.5, 0.6) is 5.75 Å². The van der Waals surface area contributed by atoms with Crippen LogP contribution in [-0.2, 0) is 9.59 Å². The maximum absolute atomic E-state index is 12.2. The Balaban J connectivity index is 1.58. The summed E-state index contributed by atoms with van der Waals surface area (Å²) in [7, 11) is 0. The lowest BCUT2D eigenvalue weighted by Gasteiger charge is -2.09. The predicted octanol–water partition coefficient (Wildman–Crippen LogP) is 4.65. The quantitative estimate of drug-likeness (QED) is 0.189. The number of anilines is 1. The van der Waals surface area contributed by atoms with E-state index in [2.05, 4.69) is 15.8 Å². The summed E-state index contributed by atoms with van der Waals surface area (Å²) in [5.74, 6) is -1.86. The lowest BCUT2D eigenvalue weighted by atomic mass is 10.1. The van der Waals surface area contributed by atoms with E-state index in [1.807, 2.05) is 26.0 Å². The molecule has 0 aliphatic rings. The number of carbonyl (C=O) groups is 3. The molecular formula is C25H22ClN3O4. The normalized spacial score (nSPS) is 11.0. The molecule has 0 heterocycles. The standard InChI is InChI=1S/C25H22ClN3O4/c1-15-4-5-16(2)22(14-15)27-23(30)24(31)29-28-17(3)18-8-12-21(13-9-18)33-25(32)19-6-10-20(26)11-7-19/h4-14H,1-3H3,(H,27,30)(H,29,31)/b28-17+. The first-order valence-electron chi connectivity index (χ1n) is 10.0. The third kappa shape index (κ3) is 6.51. The van der Waals surface area contributed by atoms with Gasteiger partial charge in [0.2, 0.25) is 0 Å². The highest BCUT2D eigenvalue weighted by Gasteiger charge is 2.15. The van der Waals surface area contributed by atoms with Crippen molar-refractivity contribution < 1.29 is 19.1 Å². The van der Waals surface area contributed by atoms with Crippen LogP contribution >= 0.6 is 11.6 Å². The Bertz CT molecular complexity index is 1220. The highest BCUT2D eigenvalue weighted by molar-refractivity contribution is 6.39. The van der Waals surface area contributed by atoms with Crippen molar-refractivity contribution in [3.05, 3.63) is 94.0 Å². The average Bonchev–Trinajstić information content (AvgIpc) is 2.80. The molecule has 0 aliphatic carbocycles. The number of hydrogen-bond donors (Lipinski definition) is 2. The van der Waals surface area contributed by atoms with Crippen molar-refractivity contribution in [2.45, 2.75) is 20.8 Å². The van der Waals surface area contributed by atoms with Gasteiger partial charge in [0.15, 0.2) is 0 Å². The Hall–Kier alpha value is -3.97. The fourth-order valence-electron chi connectivity index (χ4n) is 2.82. The number of amides is 2. The van der Waals surface area contributed by atoms with Crippen molar-refractivity contribution in [1.82, 2.24) is 5.43 Å². The summed E-state index contributed by atoms with van der Waals surface area (Å²) in [6, 6.07) is 18.5. The number of ether oxygens (including phenoxy) is 1. The molecule has 0 aliphatic heterocycles. The Morgan fingerprint density at radius 1 is 0.848 bits per heavy atom. The number of hydrazone groups is 1. The maximum atomic E-state index is 12.2. The second-order valence-corrected chi connectivity index (χ2v) is 7.77. The van der Waals surface area contributed by atoms with Crippen molar-refractivity contribution in [3.8, 4) is 5.75 Å². The number of benzene rings is 3. The molecule has 0 aromatic heterocycles. The number of nitrogens with zero attached hydrogens (tertiary/aromatic N) is 1. The minimum atomic E-state index is -0.885. The largest absolute Gasteiger partial charge is 0.423 e. The molecule has 168 valence electrons. The predicted molar refractivity (Wildman–Crippen MR) is 128 cm³/mol. The van der Waals surface area contributed by atoms with E-state index < -0.39 is 17.8 Å². The summed E-state index contributed by atoms with van der Waals surface area (Å²) in [5, 5.41) is 7.09. The van der Waals surface area contributed by atoms with E-state index in [1.165, 1.54) is 0 Å². The molecule has 0 saturated carbocycles. The highest BCUT2D eigenvalue weighted by Crippen LogP contribution is 2.17. The van der Waals surface area contributed by atoms with Crippen LogP contribution in [0.1, 0.15) is 34.0 Å². The third-order valence-corrected chi connectivity index (χ3v) is 4.99. The number of hydrogen-bond acceptors (Lipinski definition) is 5. The van der Waals surface area contributed by atoms with Crippen LogP contribution in [-0.4, -0.2) is 23.5 Å². The first-order valence-corrected chi connectivity index (χ1v) is 10.4. The fraction of sp³-hybridized carbons (Fsp3) is 0.120. The molecule has 2 N–H and O–H groups in total. The molecule has 7 nitrogen and oxygen atoms in total. The summed E-state index contributed by atoms with van der Waals surface area (Å²) < 4.78 is 5.33. The van der Waals surface area contributed by atoms with Gasteiger partial charge in [0.25, 0.3) is 0 Å². The van der Waals surface area contributed by atoms with E-state index in [0.29, 0.717) is 33.3 Å². The zero-order valence-corrected chi connectivity index (χ0v) is 19.1. The van der Waals surface area contributed by atoms with E-state index >= 15 is 0 Å². The Labute approximate surface area is 196 Å². The summed E-state index contributed by atoms with van der Waals surface area (Å²) in [6.07, 6.45) is 0. The highest BCUT2D eigenvalue weighted by atomic mass is 35.5. The van der Waals surface area contributed by atoms with Crippen molar-refractivity contribution in [2.75, 3.05) is 5.32 Å². The Kier molecular flexibility index (Phi) is 7.58. The average molecular weight is 464 g/mol. The molecule has 3 aromatic carbocycles. The van der Waals surface area contributed by atoms with Gasteiger partial charge in [0, 0.05) is 10.7 Å². The van der Waals surface area contributed by atoms with Crippen LogP contribution in [0.4, 0.5) is 5.69 Å². The van der Waals surface area contributed by atoms with Crippen molar-refractivity contribution in [3.63, 3.8) is 0 Å². The Morgan fingerprint density at radius 3 is 2.15 bits per heavy atom. The summed E-state index contributed by atoms with van der Waals surface area (Å²) in [4.78, 5) is 36.5. The molecule has 2 amide bonds. The van der Waals surface area contributed by atoms with Gasteiger partial charge in [-0.25, -0.2) is 10.2 Å². The van der Waals surface area contributed by atoms with Crippen LogP contribution < -0.4 is 15.5 Å². The first kappa shape index (κ1) is 23.7. The smallest absolute Gasteiger partial charge is 0.343 e. The van der Waals surface area contributed by atoms with Crippen molar-refractivity contribution in [1.29, 1.82) is 0 Å². The summed E-state index contributed by atoms with van der Waals surface area (Å²) in [5.41, 5.74) is 6.15. The lowest BCUT2D eigenvalue weighted by molar-refractivity contribution is -0.136. The number of rotatable bonds is 5. The molecule has 0 unspecified atom stereocenters. The lowest BCUT2D eigenvalue weighted by Crippen LogP contribution is -2.33. The molecule has 3 rings (SSSR count). The van der Waals surface area contributed by atoms with Gasteiger partial charge in [-0.2, -0.15) is 5.10 Å². The molecule has 0 fully saturated rings. The van der Waals surface area contributed by atoms with Gasteiger partial charge in [0.05, 0.1) is 11.3 Å². The number of aryl methyl sites for hydroxylation is 2. The minimum absolute atomic E-state index is 0.350. The van der Waals surface area contributed by atoms with E-state index in [1.54, 1.807) is 61.5 Å². The number of carbonyl (C=O) groups excluding carboxylic acids is 3. The van der Waals surface area contributed by atoms with Crippen molar-refractivity contribution >= 4 is 40.8 Å². The van der Waals surface area contributed by atoms with Gasteiger partial charge >= 0.3 is 17.8 Å². The zero-order chi connectivity index (χ0) is 24.0. The molecule has 8 heteroatoms. The van der Waals surface area contributed by atoms with Gasteiger partial charge in [-0.1, -0.05) is 23.7 Å². The van der Waals surface area contributed by atoms with Crippen LogP contribution in [0.3, 0.4) is 0 Å². The van der Waals surface area contributed by atoms with Gasteiger partial charge in [-0.3, -0.25) is 9.59 Å². The minimum Gasteiger partial charge on any atom is -0.423 e. The maximum Gasteiger partial charge on any atom is 0.343 e. The summed E-state index contributed by atoms with van der Waals surface area (Å²) >= 11 is 5.82. The monoisotopic (exact) mass is 463 g/mol. The van der Waals surface area contributed by atoms with Crippen LogP contribution in [0, 0.1) is 13.8 Å². The van der Waals surface area contributed by atoms with E-state index in [-0.39, 0.29) is 0 Å². The van der Waals surface area contributed by atoms with Crippen molar-refractivity contribution in [2.24, 2.45) is 5.10 Å². The van der Waals surface area contributed by atoms with E-state index in [4.69, 9.17) is 16.3 Å². The van der Waals surface area contributed by atoms with E-state index in [9.17, 15) is 14.4 Å². The third-order valence-electron chi connectivity index (χ3n) is 4.74. The van der Waals surface area contributed by atoms with Gasteiger partial charge in [-0.15, -0.1) is 0 Å². The number of halogens is 1. The molecule has 33 heavy (non-hydrogen) atoms. The van der Waals surface area contributed by atoms with Gasteiger partial charge in [0.1, 0.15) is 5.75 Å². The molecule has 3 aromatic rings. The SMILES string of the molecule is C/C(=N\NC(=O)C(=O)Nc1cc(C)ccc1C)c1ccc(OC(=O)c2ccc(Cl)cc2)cc1. The van der Waals surface area contributed by atoms with Gasteiger partial charge in [-0.05, 0) is 92.1 Å². The van der Waals surface area contributed by atoms with Crippen LogP contribution in [0.15, 0.2) is 71.8 Å².